The number of hydrogen-bond donors (Lipinski definition) is 0. The second-order valence-electron chi connectivity index (χ2n) is 6.27. The minimum absolute atomic E-state index is 0.591. The summed E-state index contributed by atoms with van der Waals surface area (Å²) in [4.78, 5) is 1.13. The molecule has 4 aromatic rings. The van der Waals surface area contributed by atoms with Crippen LogP contribution in [0.15, 0.2) is 93.3 Å². The minimum atomic E-state index is 0.591. The van der Waals surface area contributed by atoms with E-state index in [0.29, 0.717) is 11.3 Å². The smallest absolute Gasteiger partial charge is 0.165 e. The molecule has 0 fully saturated rings. The maximum Gasteiger partial charge on any atom is 0.165 e. The number of hydrogen-bond acceptors (Lipinski definition) is 3. The van der Waals surface area contributed by atoms with Crippen molar-refractivity contribution in [2.45, 2.75) is 16.9 Å². The summed E-state index contributed by atoms with van der Waals surface area (Å²) < 4.78 is 5.92. The van der Waals surface area contributed by atoms with Crippen LogP contribution in [0.4, 0.5) is 0 Å². The third-order valence-corrected chi connectivity index (χ3v) is 5.26. The van der Waals surface area contributed by atoms with Gasteiger partial charge in [-0.1, -0.05) is 71.9 Å². The summed E-state index contributed by atoms with van der Waals surface area (Å²) in [5, 5.41) is 12.7. The van der Waals surface area contributed by atoms with Crippen LogP contribution in [0.1, 0.15) is 16.9 Å². The SMILES string of the molecule is Cc1ccc(Sc2ccc(/C=C(\C#N)c3cccc4ccccc34)o2)cc1. The molecule has 0 radical (unpaired) electrons. The average Bonchev–Trinajstić information content (AvgIpc) is 3.14. The lowest BCUT2D eigenvalue weighted by Crippen LogP contribution is -1.84. The van der Waals surface area contributed by atoms with Gasteiger partial charge < -0.3 is 4.42 Å². The van der Waals surface area contributed by atoms with E-state index in [4.69, 9.17) is 4.42 Å². The van der Waals surface area contributed by atoms with Crippen molar-refractivity contribution in [2.24, 2.45) is 0 Å². The van der Waals surface area contributed by atoms with Crippen molar-refractivity contribution < 1.29 is 4.42 Å². The van der Waals surface area contributed by atoms with E-state index in [2.05, 4.69) is 49.4 Å². The third kappa shape index (κ3) is 3.81. The van der Waals surface area contributed by atoms with Crippen LogP contribution in [-0.2, 0) is 0 Å². The highest BCUT2D eigenvalue weighted by molar-refractivity contribution is 7.99. The maximum atomic E-state index is 9.70. The fourth-order valence-corrected chi connectivity index (χ4v) is 3.74. The lowest BCUT2D eigenvalue weighted by Gasteiger charge is -2.04. The lowest BCUT2D eigenvalue weighted by atomic mass is 9.98. The fraction of sp³-hybridized carbons (Fsp3) is 0.0417. The van der Waals surface area contributed by atoms with Gasteiger partial charge in [-0.2, -0.15) is 5.26 Å². The molecule has 0 amide bonds. The van der Waals surface area contributed by atoms with E-state index < -0.39 is 0 Å². The van der Waals surface area contributed by atoms with Crippen molar-refractivity contribution in [1.29, 1.82) is 5.26 Å². The van der Waals surface area contributed by atoms with Gasteiger partial charge in [0, 0.05) is 10.5 Å². The monoisotopic (exact) mass is 367 g/mol. The molecule has 0 bridgehead atoms. The van der Waals surface area contributed by atoms with Crippen LogP contribution in [0.5, 0.6) is 0 Å². The quantitative estimate of drug-likeness (QED) is 0.366. The molecule has 2 nitrogen and oxygen atoms in total. The first-order valence-corrected chi connectivity index (χ1v) is 9.49. The number of aryl methyl sites for hydroxylation is 1. The van der Waals surface area contributed by atoms with Gasteiger partial charge in [0.25, 0.3) is 0 Å². The molecule has 0 saturated carbocycles. The van der Waals surface area contributed by atoms with Crippen molar-refractivity contribution in [3.8, 4) is 6.07 Å². The number of nitriles is 1. The Morgan fingerprint density at radius 1 is 0.926 bits per heavy atom. The van der Waals surface area contributed by atoms with Gasteiger partial charge in [-0.3, -0.25) is 0 Å². The Hall–Kier alpha value is -3.22. The van der Waals surface area contributed by atoms with Crippen LogP contribution in [0.25, 0.3) is 22.4 Å². The summed E-state index contributed by atoms with van der Waals surface area (Å²) in [6.07, 6.45) is 1.81. The molecule has 4 rings (SSSR count). The first kappa shape index (κ1) is 17.2. The van der Waals surface area contributed by atoms with Crippen molar-refractivity contribution >= 4 is 34.2 Å². The summed E-state index contributed by atoms with van der Waals surface area (Å²) in [5.74, 6) is 0.675. The predicted octanol–water partition coefficient (Wildman–Crippen LogP) is 6.96. The molecule has 27 heavy (non-hydrogen) atoms. The van der Waals surface area contributed by atoms with E-state index >= 15 is 0 Å². The van der Waals surface area contributed by atoms with Crippen LogP contribution in [0, 0.1) is 18.3 Å². The molecule has 3 aromatic carbocycles. The molecule has 0 atom stereocenters. The molecular formula is C24H17NOS. The summed E-state index contributed by atoms with van der Waals surface area (Å²) in [6.45, 7) is 2.07. The van der Waals surface area contributed by atoms with Crippen molar-refractivity contribution in [2.75, 3.05) is 0 Å². The largest absolute Gasteiger partial charge is 0.450 e. The first-order valence-electron chi connectivity index (χ1n) is 8.67. The Morgan fingerprint density at radius 3 is 2.52 bits per heavy atom. The van der Waals surface area contributed by atoms with Crippen molar-refractivity contribution in [3.63, 3.8) is 0 Å². The van der Waals surface area contributed by atoms with E-state index in [1.807, 2.05) is 42.5 Å². The fourth-order valence-electron chi connectivity index (χ4n) is 2.96. The van der Waals surface area contributed by atoms with Gasteiger partial charge in [-0.15, -0.1) is 0 Å². The second kappa shape index (κ2) is 7.57. The predicted molar refractivity (Wildman–Crippen MR) is 111 cm³/mol. The van der Waals surface area contributed by atoms with E-state index in [-0.39, 0.29) is 0 Å². The first-order chi connectivity index (χ1) is 13.2. The van der Waals surface area contributed by atoms with Crippen LogP contribution >= 0.6 is 11.8 Å². The molecule has 0 spiro atoms. The highest BCUT2D eigenvalue weighted by atomic mass is 32.2. The maximum absolute atomic E-state index is 9.70. The Balaban J connectivity index is 1.65. The Bertz CT molecular complexity index is 1160. The number of nitrogens with zero attached hydrogens (tertiary/aromatic N) is 1. The molecule has 3 heteroatoms. The molecular weight excluding hydrogens is 350 g/mol. The topological polar surface area (TPSA) is 36.9 Å². The lowest BCUT2D eigenvalue weighted by molar-refractivity contribution is 0.466. The van der Waals surface area contributed by atoms with Crippen LogP contribution in [0.2, 0.25) is 0 Å². The Labute approximate surface area is 162 Å². The average molecular weight is 367 g/mol. The van der Waals surface area contributed by atoms with Gasteiger partial charge >= 0.3 is 0 Å². The van der Waals surface area contributed by atoms with Gasteiger partial charge in [0.2, 0.25) is 0 Å². The molecule has 0 aliphatic carbocycles. The van der Waals surface area contributed by atoms with Crippen LogP contribution in [0.3, 0.4) is 0 Å². The number of allylic oxidation sites excluding steroid dienone is 1. The zero-order valence-electron chi connectivity index (χ0n) is 14.8. The Morgan fingerprint density at radius 2 is 1.70 bits per heavy atom. The number of furan rings is 1. The van der Waals surface area contributed by atoms with Gasteiger partial charge in [-0.25, -0.2) is 0 Å². The molecule has 1 heterocycles. The molecule has 1 aromatic heterocycles. The number of fused-ring (bicyclic) bond motifs is 1. The number of rotatable bonds is 4. The van der Waals surface area contributed by atoms with E-state index in [0.717, 1.165) is 26.3 Å². The standard InChI is InChI=1S/C24H17NOS/c1-17-9-12-21(13-10-17)27-24-14-11-20(26-24)15-19(16-25)23-8-4-6-18-5-2-3-7-22(18)23/h2-15H,1H3/b19-15+. The van der Waals surface area contributed by atoms with Gasteiger partial charge in [0.05, 0.1) is 11.6 Å². The summed E-state index contributed by atoms with van der Waals surface area (Å²) in [7, 11) is 0. The summed E-state index contributed by atoms with van der Waals surface area (Å²) in [5.41, 5.74) is 2.74. The van der Waals surface area contributed by atoms with E-state index in [1.54, 1.807) is 17.8 Å². The highest BCUT2D eigenvalue weighted by Crippen LogP contribution is 2.31. The minimum Gasteiger partial charge on any atom is -0.450 e. The number of benzene rings is 3. The van der Waals surface area contributed by atoms with Gasteiger partial charge in [0.15, 0.2) is 5.09 Å². The Kier molecular flexibility index (Phi) is 4.82. The highest BCUT2D eigenvalue weighted by Gasteiger charge is 2.08. The van der Waals surface area contributed by atoms with E-state index in [1.165, 1.54) is 5.56 Å². The molecule has 0 aliphatic heterocycles. The van der Waals surface area contributed by atoms with Gasteiger partial charge in [-0.05, 0) is 48.0 Å². The zero-order chi connectivity index (χ0) is 18.6. The molecule has 0 unspecified atom stereocenters. The third-order valence-electron chi connectivity index (χ3n) is 4.33. The van der Waals surface area contributed by atoms with Crippen molar-refractivity contribution in [1.82, 2.24) is 0 Å². The molecule has 0 N–H and O–H groups in total. The van der Waals surface area contributed by atoms with E-state index in [9.17, 15) is 5.26 Å². The van der Waals surface area contributed by atoms with Crippen LogP contribution < -0.4 is 0 Å². The van der Waals surface area contributed by atoms with Crippen LogP contribution in [-0.4, -0.2) is 0 Å². The second-order valence-corrected chi connectivity index (χ2v) is 7.35. The summed E-state index contributed by atoms with van der Waals surface area (Å²) >= 11 is 1.57. The normalized spacial score (nSPS) is 11.5. The van der Waals surface area contributed by atoms with Crippen molar-refractivity contribution in [3.05, 3.63) is 95.7 Å². The van der Waals surface area contributed by atoms with Gasteiger partial charge in [0.1, 0.15) is 5.76 Å². The summed E-state index contributed by atoms with van der Waals surface area (Å²) in [6, 6.07) is 28.6. The molecule has 130 valence electrons. The molecule has 0 aliphatic rings. The zero-order valence-corrected chi connectivity index (χ0v) is 15.7. The molecule has 0 saturated heterocycles.